The van der Waals surface area contributed by atoms with E-state index in [1.807, 2.05) is 6.20 Å². The number of ether oxygens (including phenoxy) is 1. The van der Waals surface area contributed by atoms with Gasteiger partial charge in [0.1, 0.15) is 5.82 Å². The van der Waals surface area contributed by atoms with Crippen molar-refractivity contribution in [2.75, 3.05) is 24.5 Å². The van der Waals surface area contributed by atoms with E-state index in [1.54, 1.807) is 0 Å². The highest BCUT2D eigenvalue weighted by Gasteiger charge is 2.38. The summed E-state index contributed by atoms with van der Waals surface area (Å²) in [5.41, 5.74) is 7.71. The number of hydrogen-bond acceptors (Lipinski definition) is 4. The molecule has 2 rings (SSSR count). The maximum atomic E-state index is 6.13. The van der Waals surface area contributed by atoms with Crippen LogP contribution in [0.2, 0.25) is 0 Å². The molecule has 0 aromatic carbocycles. The van der Waals surface area contributed by atoms with Crippen molar-refractivity contribution in [2.24, 2.45) is 5.73 Å². The fraction of sp³-hybridized carbons (Fsp3) is 0.688. The minimum Gasteiger partial charge on any atom is -0.366 e. The van der Waals surface area contributed by atoms with Crippen molar-refractivity contribution in [3.05, 3.63) is 23.4 Å². The third-order valence-corrected chi connectivity index (χ3v) is 3.54. The molecule has 1 aromatic rings. The van der Waals surface area contributed by atoms with Gasteiger partial charge in [-0.1, -0.05) is 6.07 Å². The lowest BCUT2D eigenvalue weighted by atomic mass is 9.98. The van der Waals surface area contributed by atoms with Crippen LogP contribution in [0.1, 0.15) is 38.8 Å². The van der Waals surface area contributed by atoms with Crippen molar-refractivity contribution in [1.82, 2.24) is 4.98 Å². The second-order valence-corrected chi connectivity index (χ2v) is 7.00. The average Bonchev–Trinajstić information content (AvgIpc) is 2.25. The quantitative estimate of drug-likeness (QED) is 0.921. The van der Waals surface area contributed by atoms with Crippen molar-refractivity contribution < 1.29 is 4.74 Å². The first kappa shape index (κ1) is 15.3. The highest BCUT2D eigenvalue weighted by atomic mass is 16.5. The van der Waals surface area contributed by atoms with Gasteiger partial charge in [-0.15, -0.1) is 0 Å². The van der Waals surface area contributed by atoms with Crippen molar-refractivity contribution >= 4 is 5.82 Å². The van der Waals surface area contributed by atoms with E-state index in [9.17, 15) is 0 Å². The summed E-state index contributed by atoms with van der Waals surface area (Å²) in [6.45, 7) is 13.1. The Kier molecular flexibility index (Phi) is 4.07. The third kappa shape index (κ3) is 3.49. The number of hydrogen-bond donors (Lipinski definition) is 1. The summed E-state index contributed by atoms with van der Waals surface area (Å²) in [6, 6.07) is 2.20. The number of pyridine rings is 1. The largest absolute Gasteiger partial charge is 0.366 e. The Morgan fingerprint density at radius 1 is 1.25 bits per heavy atom. The van der Waals surface area contributed by atoms with E-state index in [0.29, 0.717) is 6.54 Å². The first-order chi connectivity index (χ1) is 9.22. The number of rotatable bonds is 3. The van der Waals surface area contributed by atoms with Crippen molar-refractivity contribution in [3.8, 4) is 0 Å². The van der Waals surface area contributed by atoms with Crippen molar-refractivity contribution in [2.45, 2.75) is 52.2 Å². The molecule has 1 fully saturated rings. The second-order valence-electron chi connectivity index (χ2n) is 7.00. The van der Waals surface area contributed by atoms with Gasteiger partial charge in [-0.3, -0.25) is 0 Å². The molecule has 2 N–H and O–H groups in total. The van der Waals surface area contributed by atoms with Crippen LogP contribution in [-0.4, -0.2) is 35.8 Å². The van der Waals surface area contributed by atoms with Gasteiger partial charge in [0, 0.05) is 19.3 Å². The van der Waals surface area contributed by atoms with Crippen LogP contribution in [0.4, 0.5) is 5.82 Å². The molecule has 4 nitrogen and oxygen atoms in total. The first-order valence-electron chi connectivity index (χ1n) is 7.33. The van der Waals surface area contributed by atoms with Gasteiger partial charge in [-0.05, 0) is 58.7 Å². The number of nitrogens with two attached hydrogens (primary N) is 1. The Morgan fingerprint density at radius 2 is 1.85 bits per heavy atom. The fourth-order valence-corrected chi connectivity index (χ4v) is 3.20. The summed E-state index contributed by atoms with van der Waals surface area (Å²) in [6.07, 6.45) is 2.83. The fourth-order valence-electron chi connectivity index (χ4n) is 3.20. The van der Waals surface area contributed by atoms with Gasteiger partial charge in [-0.2, -0.15) is 0 Å². The van der Waals surface area contributed by atoms with Crippen LogP contribution in [0.5, 0.6) is 0 Å². The van der Waals surface area contributed by atoms with E-state index in [2.05, 4.69) is 50.6 Å². The number of aromatic nitrogens is 1. The van der Waals surface area contributed by atoms with Gasteiger partial charge in [0.15, 0.2) is 0 Å². The highest BCUT2D eigenvalue weighted by Crippen LogP contribution is 2.31. The summed E-state index contributed by atoms with van der Waals surface area (Å²) >= 11 is 0. The smallest absolute Gasteiger partial charge is 0.131 e. The Bertz CT molecular complexity index is 467. The van der Waals surface area contributed by atoms with Gasteiger partial charge in [-0.25, -0.2) is 4.98 Å². The molecular weight excluding hydrogens is 250 g/mol. The van der Waals surface area contributed by atoms with Crippen LogP contribution < -0.4 is 10.6 Å². The molecule has 0 amide bonds. The molecule has 1 aromatic heterocycles. The lowest BCUT2D eigenvalue weighted by molar-refractivity contribution is -0.133. The van der Waals surface area contributed by atoms with Crippen LogP contribution in [-0.2, 0) is 11.2 Å². The zero-order valence-corrected chi connectivity index (χ0v) is 13.4. The van der Waals surface area contributed by atoms with Gasteiger partial charge < -0.3 is 15.4 Å². The molecule has 2 heterocycles. The topological polar surface area (TPSA) is 51.4 Å². The van der Waals surface area contributed by atoms with Gasteiger partial charge in [0.25, 0.3) is 0 Å². The van der Waals surface area contributed by atoms with E-state index in [4.69, 9.17) is 10.5 Å². The molecule has 0 bridgehead atoms. The second kappa shape index (κ2) is 5.34. The number of aryl methyl sites for hydroxylation is 1. The molecule has 1 aliphatic rings. The minimum atomic E-state index is -0.161. The third-order valence-electron chi connectivity index (χ3n) is 3.54. The lowest BCUT2D eigenvalue weighted by Gasteiger charge is -2.47. The van der Waals surface area contributed by atoms with Crippen molar-refractivity contribution in [3.63, 3.8) is 0 Å². The van der Waals surface area contributed by atoms with Crippen molar-refractivity contribution in [1.29, 1.82) is 0 Å². The van der Waals surface area contributed by atoms with E-state index >= 15 is 0 Å². The Labute approximate surface area is 122 Å². The van der Waals surface area contributed by atoms with Gasteiger partial charge >= 0.3 is 0 Å². The van der Waals surface area contributed by atoms with Crippen LogP contribution in [0.25, 0.3) is 0 Å². The predicted octanol–water partition coefficient (Wildman–Crippen LogP) is 2.29. The molecule has 0 atom stereocenters. The molecule has 20 heavy (non-hydrogen) atoms. The summed E-state index contributed by atoms with van der Waals surface area (Å²) in [4.78, 5) is 7.00. The SMILES string of the molecule is Cc1cc(CCN)cnc1N1CC(C)(C)OC(C)(C)C1. The number of anilines is 1. The monoisotopic (exact) mass is 277 g/mol. The highest BCUT2D eigenvalue weighted by molar-refractivity contribution is 5.48. The molecule has 4 heteroatoms. The standard InChI is InChI=1S/C16H27N3O/c1-12-8-13(6-7-17)9-18-14(12)19-10-15(2,3)20-16(4,5)11-19/h8-9H,6-7,10-11,17H2,1-5H3. The van der Waals surface area contributed by atoms with E-state index in [-0.39, 0.29) is 11.2 Å². The maximum Gasteiger partial charge on any atom is 0.131 e. The van der Waals surface area contributed by atoms with E-state index < -0.39 is 0 Å². The summed E-state index contributed by atoms with van der Waals surface area (Å²) in [5.74, 6) is 1.07. The maximum absolute atomic E-state index is 6.13. The molecule has 112 valence electrons. The lowest BCUT2D eigenvalue weighted by Crippen LogP contribution is -2.57. The van der Waals surface area contributed by atoms with Gasteiger partial charge in [0.2, 0.25) is 0 Å². The average molecular weight is 277 g/mol. The molecule has 1 saturated heterocycles. The van der Waals surface area contributed by atoms with Gasteiger partial charge in [0.05, 0.1) is 11.2 Å². The van der Waals surface area contributed by atoms with Crippen LogP contribution in [0, 0.1) is 6.92 Å². The molecule has 0 saturated carbocycles. The predicted molar refractivity (Wildman–Crippen MR) is 83.2 cm³/mol. The zero-order valence-electron chi connectivity index (χ0n) is 13.4. The first-order valence-corrected chi connectivity index (χ1v) is 7.33. The zero-order chi connectivity index (χ0) is 15.0. The van der Waals surface area contributed by atoms with Crippen LogP contribution in [0.15, 0.2) is 12.3 Å². The molecule has 0 unspecified atom stereocenters. The van der Waals surface area contributed by atoms with E-state index in [1.165, 1.54) is 11.1 Å². The molecule has 0 radical (unpaired) electrons. The summed E-state index contributed by atoms with van der Waals surface area (Å²) in [5, 5.41) is 0. The molecule has 0 aliphatic carbocycles. The van der Waals surface area contributed by atoms with E-state index in [0.717, 1.165) is 25.3 Å². The van der Waals surface area contributed by atoms with Crippen LogP contribution in [0.3, 0.4) is 0 Å². The Balaban J connectivity index is 2.26. The summed E-state index contributed by atoms with van der Waals surface area (Å²) in [7, 11) is 0. The molecule has 1 aliphatic heterocycles. The summed E-state index contributed by atoms with van der Waals surface area (Å²) < 4.78 is 6.13. The van der Waals surface area contributed by atoms with Crippen LogP contribution >= 0.6 is 0 Å². The normalized spacial score (nSPS) is 21.0. The number of nitrogens with zero attached hydrogens (tertiary/aromatic N) is 2. The Hall–Kier alpha value is -1.13. The number of morpholine rings is 1. The minimum absolute atomic E-state index is 0.161. The molecular formula is C16H27N3O. The Morgan fingerprint density at radius 3 is 2.35 bits per heavy atom. The molecule has 0 spiro atoms.